The summed E-state index contributed by atoms with van der Waals surface area (Å²) in [5.41, 5.74) is 0.963. The van der Waals surface area contributed by atoms with Gasteiger partial charge < -0.3 is 4.74 Å². The molecule has 0 spiro atoms. The number of carbonyl (C=O) groups excluding carboxylic acids is 1. The zero-order chi connectivity index (χ0) is 15.8. The van der Waals surface area contributed by atoms with E-state index < -0.39 is 23.0 Å². The monoisotopic (exact) mass is 294 g/mol. The summed E-state index contributed by atoms with van der Waals surface area (Å²) in [4.78, 5) is 22.8. The molecule has 3 atom stereocenters. The Morgan fingerprint density at radius 2 is 1.95 bits per heavy atom. The van der Waals surface area contributed by atoms with Crippen LogP contribution in [0.5, 0.6) is 0 Å². The van der Waals surface area contributed by atoms with Gasteiger partial charge in [0.15, 0.2) is 6.04 Å². The highest BCUT2D eigenvalue weighted by Crippen LogP contribution is 2.15. The highest BCUT2D eigenvalue weighted by atomic mass is 16.6. The fourth-order valence-electron chi connectivity index (χ4n) is 2.18. The van der Waals surface area contributed by atoms with Crippen molar-refractivity contribution in [2.24, 2.45) is 0 Å². The Bertz CT molecular complexity index is 464. The number of ether oxygens (including phenoxy) is 1. The van der Waals surface area contributed by atoms with Gasteiger partial charge in [-0.25, -0.2) is 0 Å². The van der Waals surface area contributed by atoms with Gasteiger partial charge >= 0.3 is 5.97 Å². The first-order valence-corrected chi connectivity index (χ1v) is 7.12. The van der Waals surface area contributed by atoms with Crippen molar-refractivity contribution in [3.8, 4) is 0 Å². The van der Waals surface area contributed by atoms with Crippen LogP contribution in [0.15, 0.2) is 30.3 Å². The molecule has 1 N–H and O–H groups in total. The molecule has 21 heavy (non-hydrogen) atoms. The summed E-state index contributed by atoms with van der Waals surface area (Å²) >= 11 is 0. The largest absolute Gasteiger partial charge is 0.465 e. The van der Waals surface area contributed by atoms with E-state index in [-0.39, 0.29) is 19.1 Å². The molecule has 0 heterocycles. The van der Waals surface area contributed by atoms with Gasteiger partial charge in [0.25, 0.3) is 0 Å². The van der Waals surface area contributed by atoms with E-state index in [2.05, 4.69) is 5.32 Å². The van der Waals surface area contributed by atoms with Crippen molar-refractivity contribution in [1.82, 2.24) is 5.32 Å². The average molecular weight is 294 g/mol. The van der Waals surface area contributed by atoms with Crippen LogP contribution < -0.4 is 5.32 Å². The van der Waals surface area contributed by atoms with Gasteiger partial charge in [0.1, 0.15) is 0 Å². The highest BCUT2D eigenvalue weighted by molar-refractivity contribution is 5.76. The third kappa shape index (κ3) is 4.82. The third-order valence-corrected chi connectivity index (χ3v) is 3.34. The maximum atomic E-state index is 12.0. The number of nitrogens with one attached hydrogen (secondary N) is 1. The van der Waals surface area contributed by atoms with E-state index in [1.165, 1.54) is 0 Å². The van der Waals surface area contributed by atoms with Gasteiger partial charge in [0, 0.05) is 17.4 Å². The Hall–Kier alpha value is -1.95. The Morgan fingerprint density at radius 3 is 2.43 bits per heavy atom. The minimum atomic E-state index is -1.00. The van der Waals surface area contributed by atoms with Crippen molar-refractivity contribution in [2.75, 3.05) is 6.61 Å². The van der Waals surface area contributed by atoms with Crippen molar-refractivity contribution in [3.05, 3.63) is 46.0 Å². The molecular weight excluding hydrogens is 272 g/mol. The number of rotatable bonds is 8. The molecule has 0 bridgehead atoms. The number of hydrogen-bond donors (Lipinski definition) is 1. The van der Waals surface area contributed by atoms with E-state index in [0.29, 0.717) is 0 Å². The summed E-state index contributed by atoms with van der Waals surface area (Å²) in [6.45, 7) is 5.44. The zero-order valence-corrected chi connectivity index (χ0v) is 12.6. The van der Waals surface area contributed by atoms with Gasteiger partial charge in [-0.1, -0.05) is 37.3 Å². The molecule has 0 aromatic heterocycles. The van der Waals surface area contributed by atoms with Crippen LogP contribution in [0, 0.1) is 10.1 Å². The predicted molar refractivity (Wildman–Crippen MR) is 79.5 cm³/mol. The molecule has 116 valence electrons. The van der Waals surface area contributed by atoms with Crippen LogP contribution in [0.3, 0.4) is 0 Å². The molecule has 0 fully saturated rings. The maximum Gasteiger partial charge on any atom is 0.330 e. The molecular formula is C15H22N2O4. The van der Waals surface area contributed by atoms with E-state index in [0.717, 1.165) is 5.56 Å². The molecule has 1 aromatic carbocycles. The van der Waals surface area contributed by atoms with Crippen LogP contribution in [0.4, 0.5) is 0 Å². The van der Waals surface area contributed by atoms with Crippen molar-refractivity contribution in [3.63, 3.8) is 0 Å². The number of nitrogens with zero attached hydrogens (tertiary/aromatic N) is 1. The summed E-state index contributed by atoms with van der Waals surface area (Å²) in [6, 6.07) is 7.34. The second kappa shape index (κ2) is 8.36. The summed E-state index contributed by atoms with van der Waals surface area (Å²) in [6.07, 6.45) is 0.255. The summed E-state index contributed by atoms with van der Waals surface area (Å²) in [5.74, 6) is -0.580. The lowest BCUT2D eigenvalue weighted by molar-refractivity contribution is -0.525. The standard InChI is InChI=1S/C15H22N2O4/c1-4-13(17(19)20)14(15(18)21-5-2)16-11(3)12-9-7-6-8-10-12/h6-11,13-14,16H,4-5H2,1-3H3/t11-,13?,14?/m1/s1. The van der Waals surface area contributed by atoms with Crippen LogP contribution in [0.1, 0.15) is 38.8 Å². The lowest BCUT2D eigenvalue weighted by atomic mass is 10.0. The van der Waals surface area contributed by atoms with Crippen LogP contribution in [0.25, 0.3) is 0 Å². The van der Waals surface area contributed by atoms with Crippen molar-refractivity contribution in [1.29, 1.82) is 0 Å². The van der Waals surface area contributed by atoms with Crippen molar-refractivity contribution in [2.45, 2.75) is 45.3 Å². The molecule has 0 amide bonds. The van der Waals surface area contributed by atoms with Crippen molar-refractivity contribution < 1.29 is 14.5 Å². The lowest BCUT2D eigenvalue weighted by Gasteiger charge is -2.24. The van der Waals surface area contributed by atoms with Gasteiger partial charge in [-0.15, -0.1) is 0 Å². The summed E-state index contributed by atoms with van der Waals surface area (Å²) in [7, 11) is 0. The van der Waals surface area contributed by atoms with Gasteiger partial charge in [-0.2, -0.15) is 0 Å². The van der Waals surface area contributed by atoms with E-state index in [4.69, 9.17) is 4.74 Å². The Labute approximate surface area is 124 Å². The third-order valence-electron chi connectivity index (χ3n) is 3.34. The number of esters is 1. The normalized spacial score (nSPS) is 15.0. The van der Waals surface area contributed by atoms with E-state index in [1.807, 2.05) is 37.3 Å². The summed E-state index contributed by atoms with van der Waals surface area (Å²) in [5, 5.41) is 14.2. The van der Waals surface area contributed by atoms with Gasteiger partial charge in [0.05, 0.1) is 6.61 Å². The molecule has 2 unspecified atom stereocenters. The lowest BCUT2D eigenvalue weighted by Crippen LogP contribution is -2.50. The van der Waals surface area contributed by atoms with Gasteiger partial charge in [0.2, 0.25) is 6.04 Å². The van der Waals surface area contributed by atoms with Gasteiger partial charge in [-0.05, 0) is 19.4 Å². The average Bonchev–Trinajstić information content (AvgIpc) is 2.47. The maximum absolute atomic E-state index is 12.0. The SMILES string of the molecule is CCOC(=O)C(N[C@H](C)c1ccccc1)C(CC)[N+](=O)[O-]. The molecule has 0 saturated heterocycles. The Balaban J connectivity index is 2.91. The quantitative estimate of drug-likeness (QED) is 0.452. The van der Waals surface area contributed by atoms with E-state index in [1.54, 1.807) is 13.8 Å². The molecule has 1 aromatic rings. The van der Waals surface area contributed by atoms with Crippen LogP contribution in [-0.4, -0.2) is 29.6 Å². The molecule has 6 nitrogen and oxygen atoms in total. The first kappa shape index (κ1) is 17.1. The number of carbonyl (C=O) groups is 1. The second-order valence-corrected chi connectivity index (χ2v) is 4.79. The molecule has 6 heteroatoms. The first-order valence-electron chi connectivity index (χ1n) is 7.12. The first-order chi connectivity index (χ1) is 10.0. The van der Waals surface area contributed by atoms with Crippen LogP contribution in [0.2, 0.25) is 0 Å². The number of hydrogen-bond acceptors (Lipinski definition) is 5. The van der Waals surface area contributed by atoms with E-state index >= 15 is 0 Å². The smallest absolute Gasteiger partial charge is 0.330 e. The van der Waals surface area contributed by atoms with Crippen LogP contribution in [-0.2, 0) is 9.53 Å². The summed E-state index contributed by atoms with van der Waals surface area (Å²) < 4.78 is 4.97. The van der Waals surface area contributed by atoms with E-state index in [9.17, 15) is 14.9 Å². The predicted octanol–water partition coefficient (Wildman–Crippen LogP) is 2.32. The van der Waals surface area contributed by atoms with Gasteiger partial charge in [-0.3, -0.25) is 20.2 Å². The zero-order valence-electron chi connectivity index (χ0n) is 12.6. The van der Waals surface area contributed by atoms with Crippen LogP contribution >= 0.6 is 0 Å². The number of benzene rings is 1. The molecule has 0 saturated carbocycles. The van der Waals surface area contributed by atoms with Crippen molar-refractivity contribution >= 4 is 5.97 Å². The second-order valence-electron chi connectivity index (χ2n) is 4.79. The molecule has 0 aliphatic carbocycles. The fraction of sp³-hybridized carbons (Fsp3) is 0.533. The topological polar surface area (TPSA) is 81.5 Å². The minimum absolute atomic E-state index is 0.186. The minimum Gasteiger partial charge on any atom is -0.465 e. The molecule has 1 rings (SSSR count). The fourth-order valence-corrected chi connectivity index (χ4v) is 2.18. The molecule has 0 aliphatic rings. The Kier molecular flexibility index (Phi) is 6.81. The highest BCUT2D eigenvalue weighted by Gasteiger charge is 2.37. The Morgan fingerprint density at radius 1 is 1.33 bits per heavy atom. The molecule has 0 aliphatic heterocycles. The number of nitro groups is 1. The molecule has 0 radical (unpaired) electrons.